The third-order valence-corrected chi connectivity index (χ3v) is 3.93. The highest BCUT2D eigenvalue weighted by Crippen LogP contribution is 2.26. The van der Waals surface area contributed by atoms with E-state index in [1.54, 1.807) is 6.20 Å². The van der Waals surface area contributed by atoms with Crippen LogP contribution in [0.15, 0.2) is 23.1 Å². The van der Waals surface area contributed by atoms with Crippen LogP contribution >= 0.6 is 0 Å². The van der Waals surface area contributed by atoms with Gasteiger partial charge in [0.25, 0.3) is 5.56 Å². The number of rotatable bonds is 2. The molecule has 122 valence electrons. The van der Waals surface area contributed by atoms with Crippen molar-refractivity contribution in [1.82, 2.24) is 19.9 Å². The fraction of sp³-hybridized carbons (Fsp3) is 0.400. The molecule has 3 rings (SSSR count). The highest BCUT2D eigenvalue weighted by atomic mass is 19.4. The quantitative estimate of drug-likeness (QED) is 0.918. The molecule has 0 saturated carbocycles. The molecule has 2 aromatic rings. The summed E-state index contributed by atoms with van der Waals surface area (Å²) < 4.78 is 38.1. The average molecular weight is 324 g/mol. The molecule has 0 amide bonds. The fourth-order valence-corrected chi connectivity index (χ4v) is 2.68. The van der Waals surface area contributed by atoms with Crippen LogP contribution in [-0.2, 0) is 25.7 Å². The number of aryl methyl sites for hydroxylation is 1. The standard InChI is InChI=1S/C15H15F3N4O/c1-9-10(3-2-5-19-9)7-22-6-4-12-11(8-22)13(23)21-14(20-12)15(16,17)18/h2-3,5H,4,6-8H2,1H3,(H,20,21,23). The van der Waals surface area contributed by atoms with Crippen molar-refractivity contribution in [1.29, 1.82) is 0 Å². The fourth-order valence-electron chi connectivity index (χ4n) is 2.68. The Labute approximate surface area is 130 Å². The summed E-state index contributed by atoms with van der Waals surface area (Å²) in [5.41, 5.74) is 1.77. The molecule has 8 heteroatoms. The molecule has 5 nitrogen and oxygen atoms in total. The van der Waals surface area contributed by atoms with Crippen LogP contribution < -0.4 is 5.56 Å². The number of aromatic amines is 1. The minimum absolute atomic E-state index is 0.236. The molecule has 1 aliphatic rings. The molecule has 2 aromatic heterocycles. The maximum atomic E-state index is 12.7. The van der Waals surface area contributed by atoms with E-state index in [1.165, 1.54) is 0 Å². The monoisotopic (exact) mass is 324 g/mol. The second-order valence-electron chi connectivity index (χ2n) is 5.55. The number of aromatic nitrogens is 3. The Morgan fingerprint density at radius 1 is 1.39 bits per heavy atom. The largest absolute Gasteiger partial charge is 0.449 e. The van der Waals surface area contributed by atoms with E-state index < -0.39 is 17.6 Å². The molecule has 3 heterocycles. The van der Waals surface area contributed by atoms with Crippen LogP contribution in [0.1, 0.15) is 28.3 Å². The van der Waals surface area contributed by atoms with Crippen LogP contribution in [0.2, 0.25) is 0 Å². The third kappa shape index (κ3) is 3.26. The van der Waals surface area contributed by atoms with Gasteiger partial charge < -0.3 is 4.98 Å². The van der Waals surface area contributed by atoms with Gasteiger partial charge in [-0.3, -0.25) is 14.7 Å². The Hall–Kier alpha value is -2.22. The van der Waals surface area contributed by atoms with Crippen molar-refractivity contribution in [3.05, 3.63) is 57.0 Å². The topological polar surface area (TPSA) is 61.9 Å². The van der Waals surface area contributed by atoms with Gasteiger partial charge in [0.05, 0.1) is 11.3 Å². The Morgan fingerprint density at radius 3 is 2.87 bits per heavy atom. The van der Waals surface area contributed by atoms with E-state index in [2.05, 4.69) is 9.97 Å². The lowest BCUT2D eigenvalue weighted by atomic mass is 10.1. The van der Waals surface area contributed by atoms with Crippen LogP contribution in [0.4, 0.5) is 13.2 Å². The maximum absolute atomic E-state index is 12.7. The summed E-state index contributed by atoms with van der Waals surface area (Å²) in [6.45, 7) is 3.33. The number of nitrogens with one attached hydrogen (secondary N) is 1. The summed E-state index contributed by atoms with van der Waals surface area (Å²) in [4.78, 5) is 23.6. The second-order valence-corrected chi connectivity index (χ2v) is 5.55. The van der Waals surface area contributed by atoms with Gasteiger partial charge in [0.1, 0.15) is 0 Å². The minimum Gasteiger partial charge on any atom is -0.303 e. The summed E-state index contributed by atoms with van der Waals surface area (Å²) >= 11 is 0. The zero-order chi connectivity index (χ0) is 16.6. The van der Waals surface area contributed by atoms with Crippen molar-refractivity contribution in [3.63, 3.8) is 0 Å². The molecule has 0 saturated heterocycles. The van der Waals surface area contributed by atoms with Gasteiger partial charge in [-0.2, -0.15) is 13.2 Å². The lowest BCUT2D eigenvalue weighted by Gasteiger charge is -2.28. The molecule has 0 aliphatic carbocycles. The van der Waals surface area contributed by atoms with Crippen LogP contribution in [0, 0.1) is 6.92 Å². The number of hydrogen-bond donors (Lipinski definition) is 1. The van der Waals surface area contributed by atoms with E-state index >= 15 is 0 Å². The third-order valence-electron chi connectivity index (χ3n) is 3.93. The van der Waals surface area contributed by atoms with E-state index in [0.717, 1.165) is 11.3 Å². The molecule has 0 radical (unpaired) electrons. The Balaban J connectivity index is 1.84. The van der Waals surface area contributed by atoms with Crippen molar-refractivity contribution >= 4 is 0 Å². The molecule has 1 N–H and O–H groups in total. The number of fused-ring (bicyclic) bond motifs is 1. The number of hydrogen-bond acceptors (Lipinski definition) is 4. The number of pyridine rings is 1. The number of halogens is 3. The minimum atomic E-state index is -4.64. The van der Waals surface area contributed by atoms with Crippen LogP contribution in [0.5, 0.6) is 0 Å². The molecular formula is C15H15F3N4O. The SMILES string of the molecule is Cc1ncccc1CN1CCc2nc(C(F)(F)F)[nH]c(=O)c2C1. The highest BCUT2D eigenvalue weighted by Gasteiger charge is 2.35. The van der Waals surface area contributed by atoms with Gasteiger partial charge in [0.15, 0.2) is 0 Å². The Morgan fingerprint density at radius 2 is 2.17 bits per heavy atom. The van der Waals surface area contributed by atoms with Gasteiger partial charge in [-0.1, -0.05) is 6.07 Å². The molecule has 0 unspecified atom stereocenters. The van der Waals surface area contributed by atoms with Gasteiger partial charge in [-0.15, -0.1) is 0 Å². The molecule has 1 aliphatic heterocycles. The first-order valence-corrected chi connectivity index (χ1v) is 7.16. The number of alkyl halides is 3. The van der Waals surface area contributed by atoms with Gasteiger partial charge in [0, 0.05) is 37.9 Å². The summed E-state index contributed by atoms with van der Waals surface area (Å²) in [7, 11) is 0. The molecule has 0 bridgehead atoms. The van der Waals surface area contributed by atoms with Crippen molar-refractivity contribution in [2.24, 2.45) is 0 Å². The highest BCUT2D eigenvalue weighted by molar-refractivity contribution is 5.23. The maximum Gasteiger partial charge on any atom is 0.449 e. The lowest BCUT2D eigenvalue weighted by Crippen LogP contribution is -2.36. The zero-order valence-corrected chi connectivity index (χ0v) is 12.4. The summed E-state index contributed by atoms with van der Waals surface area (Å²) in [6, 6.07) is 3.79. The van der Waals surface area contributed by atoms with Crippen molar-refractivity contribution in [2.45, 2.75) is 32.6 Å². The smallest absolute Gasteiger partial charge is 0.303 e. The molecular weight excluding hydrogens is 309 g/mol. The molecule has 0 spiro atoms. The van der Waals surface area contributed by atoms with E-state index in [1.807, 2.05) is 28.9 Å². The summed E-state index contributed by atoms with van der Waals surface area (Å²) in [6.07, 6.45) is -2.61. The average Bonchev–Trinajstić information content (AvgIpc) is 2.49. The molecule has 0 atom stereocenters. The second kappa shape index (κ2) is 5.77. The summed E-state index contributed by atoms with van der Waals surface area (Å²) in [5.74, 6) is -1.22. The number of nitrogens with zero attached hydrogens (tertiary/aromatic N) is 3. The normalized spacial score (nSPS) is 15.5. The predicted molar refractivity (Wildman–Crippen MR) is 76.7 cm³/mol. The first-order valence-electron chi connectivity index (χ1n) is 7.16. The van der Waals surface area contributed by atoms with Crippen molar-refractivity contribution < 1.29 is 13.2 Å². The Kier molecular flexibility index (Phi) is 3.93. The van der Waals surface area contributed by atoms with E-state index in [0.29, 0.717) is 25.1 Å². The van der Waals surface area contributed by atoms with Crippen molar-refractivity contribution in [3.8, 4) is 0 Å². The summed E-state index contributed by atoms with van der Waals surface area (Å²) in [5, 5.41) is 0. The van der Waals surface area contributed by atoms with E-state index in [9.17, 15) is 18.0 Å². The zero-order valence-electron chi connectivity index (χ0n) is 12.4. The Bertz CT molecular complexity index is 785. The van der Waals surface area contributed by atoms with E-state index in [-0.39, 0.29) is 12.2 Å². The van der Waals surface area contributed by atoms with Gasteiger partial charge >= 0.3 is 6.18 Å². The molecule has 23 heavy (non-hydrogen) atoms. The van der Waals surface area contributed by atoms with Gasteiger partial charge in [-0.25, -0.2) is 4.98 Å². The van der Waals surface area contributed by atoms with Crippen molar-refractivity contribution in [2.75, 3.05) is 6.54 Å². The van der Waals surface area contributed by atoms with E-state index in [4.69, 9.17) is 0 Å². The predicted octanol–water partition coefficient (Wildman–Crippen LogP) is 2.05. The van der Waals surface area contributed by atoms with Gasteiger partial charge in [0.2, 0.25) is 5.82 Å². The van der Waals surface area contributed by atoms with Crippen LogP contribution in [0.3, 0.4) is 0 Å². The molecule has 0 aromatic carbocycles. The first kappa shape index (κ1) is 15.7. The molecule has 0 fully saturated rings. The van der Waals surface area contributed by atoms with Crippen LogP contribution in [-0.4, -0.2) is 26.4 Å². The first-order chi connectivity index (χ1) is 10.8. The van der Waals surface area contributed by atoms with Crippen LogP contribution in [0.25, 0.3) is 0 Å². The van der Waals surface area contributed by atoms with Gasteiger partial charge in [-0.05, 0) is 18.6 Å². The number of H-pyrrole nitrogens is 1. The lowest BCUT2D eigenvalue weighted by molar-refractivity contribution is -0.145.